The summed E-state index contributed by atoms with van der Waals surface area (Å²) >= 11 is 0. The summed E-state index contributed by atoms with van der Waals surface area (Å²) in [4.78, 5) is 16.3. The summed E-state index contributed by atoms with van der Waals surface area (Å²) in [5.41, 5.74) is 7.13. The van der Waals surface area contributed by atoms with Crippen LogP contribution < -0.4 is 16.6 Å². The molecule has 0 saturated heterocycles. The number of hydrogen-bond donors (Lipinski definition) is 2. The van der Waals surface area contributed by atoms with Gasteiger partial charge in [0.2, 0.25) is 0 Å². The van der Waals surface area contributed by atoms with Crippen LogP contribution in [0.2, 0.25) is 0 Å². The number of nitrogens with two attached hydrogens (primary N) is 1. The Morgan fingerprint density at radius 1 is 1.29 bits per heavy atom. The second-order valence-electron chi connectivity index (χ2n) is 5.31. The molecule has 5 heteroatoms. The minimum atomic E-state index is -0.0965. The van der Waals surface area contributed by atoms with Crippen molar-refractivity contribution in [1.82, 2.24) is 9.55 Å². The van der Waals surface area contributed by atoms with Gasteiger partial charge >= 0.3 is 0 Å². The molecule has 1 aromatic carbocycles. The van der Waals surface area contributed by atoms with Gasteiger partial charge in [-0.05, 0) is 25.8 Å². The third-order valence-corrected chi connectivity index (χ3v) is 3.40. The maximum Gasteiger partial charge on any atom is 0.293 e. The fraction of sp³-hybridized carbons (Fsp3) is 0.375. The predicted octanol–water partition coefficient (Wildman–Crippen LogP) is 2.33. The number of anilines is 1. The average molecular weight is 286 g/mol. The van der Waals surface area contributed by atoms with E-state index >= 15 is 0 Å². The van der Waals surface area contributed by atoms with E-state index in [9.17, 15) is 4.79 Å². The second kappa shape index (κ2) is 7.04. The van der Waals surface area contributed by atoms with Crippen LogP contribution in [0.25, 0.3) is 0 Å². The third-order valence-electron chi connectivity index (χ3n) is 3.40. The smallest absolute Gasteiger partial charge is 0.293 e. The van der Waals surface area contributed by atoms with Crippen molar-refractivity contribution in [2.24, 2.45) is 5.73 Å². The summed E-state index contributed by atoms with van der Waals surface area (Å²) in [5.74, 6) is 0.381. The fourth-order valence-electron chi connectivity index (χ4n) is 2.17. The van der Waals surface area contributed by atoms with E-state index in [1.54, 1.807) is 17.0 Å². The van der Waals surface area contributed by atoms with Gasteiger partial charge in [0.25, 0.3) is 5.56 Å². The highest BCUT2D eigenvalue weighted by Crippen LogP contribution is 2.13. The molecular weight excluding hydrogens is 264 g/mol. The summed E-state index contributed by atoms with van der Waals surface area (Å²) in [6.07, 6.45) is 4.08. The largest absolute Gasteiger partial charge is 0.365 e. The highest BCUT2D eigenvalue weighted by atomic mass is 16.1. The van der Waals surface area contributed by atoms with Crippen molar-refractivity contribution in [3.05, 3.63) is 58.6 Å². The van der Waals surface area contributed by atoms with Crippen molar-refractivity contribution >= 4 is 5.82 Å². The van der Waals surface area contributed by atoms with Gasteiger partial charge in [-0.15, -0.1) is 0 Å². The molecule has 2 aromatic rings. The van der Waals surface area contributed by atoms with Crippen molar-refractivity contribution in [3.63, 3.8) is 0 Å². The van der Waals surface area contributed by atoms with Crippen molar-refractivity contribution in [3.8, 4) is 0 Å². The highest BCUT2D eigenvalue weighted by molar-refractivity contribution is 5.31. The van der Waals surface area contributed by atoms with Crippen molar-refractivity contribution in [2.75, 3.05) is 11.9 Å². The zero-order chi connectivity index (χ0) is 15.2. The van der Waals surface area contributed by atoms with Gasteiger partial charge < -0.3 is 15.6 Å². The quantitative estimate of drug-likeness (QED) is 0.855. The van der Waals surface area contributed by atoms with Gasteiger partial charge in [-0.25, -0.2) is 4.98 Å². The number of nitrogens with one attached hydrogen (secondary N) is 1. The van der Waals surface area contributed by atoms with Crippen molar-refractivity contribution in [1.29, 1.82) is 0 Å². The van der Waals surface area contributed by atoms with E-state index in [0.29, 0.717) is 12.4 Å². The Balaban J connectivity index is 1.95. The van der Waals surface area contributed by atoms with Crippen LogP contribution in [-0.4, -0.2) is 16.1 Å². The van der Waals surface area contributed by atoms with Crippen LogP contribution in [-0.2, 0) is 0 Å². The van der Waals surface area contributed by atoms with Crippen molar-refractivity contribution < 1.29 is 0 Å². The molecule has 3 N–H and O–H groups in total. The second-order valence-corrected chi connectivity index (χ2v) is 5.31. The maximum atomic E-state index is 12.2. The molecule has 0 fully saturated rings. The molecule has 2 rings (SSSR count). The molecule has 1 unspecified atom stereocenters. The van der Waals surface area contributed by atoms with E-state index in [2.05, 4.69) is 10.3 Å². The van der Waals surface area contributed by atoms with Crippen LogP contribution in [0.4, 0.5) is 5.82 Å². The van der Waals surface area contributed by atoms with E-state index in [-0.39, 0.29) is 17.6 Å². The van der Waals surface area contributed by atoms with Crippen LogP contribution in [0.5, 0.6) is 0 Å². The van der Waals surface area contributed by atoms with Crippen LogP contribution in [0.15, 0.2) is 47.5 Å². The molecule has 0 spiro atoms. The fourth-order valence-corrected chi connectivity index (χ4v) is 2.17. The Morgan fingerprint density at radius 2 is 2.00 bits per heavy atom. The van der Waals surface area contributed by atoms with E-state index in [1.165, 1.54) is 0 Å². The number of aromatic nitrogens is 2. The predicted molar refractivity (Wildman–Crippen MR) is 85.4 cm³/mol. The molecule has 5 nitrogen and oxygen atoms in total. The lowest BCUT2D eigenvalue weighted by molar-refractivity contribution is 0.574. The molecule has 1 aromatic heterocycles. The molecule has 1 atom stereocenters. The molecule has 0 amide bonds. The van der Waals surface area contributed by atoms with Gasteiger partial charge in [0, 0.05) is 31.0 Å². The molecule has 0 bridgehead atoms. The topological polar surface area (TPSA) is 72.9 Å². The Morgan fingerprint density at radius 3 is 2.67 bits per heavy atom. The molecular formula is C16H22N4O. The van der Waals surface area contributed by atoms with Gasteiger partial charge in [-0.2, -0.15) is 0 Å². The minimum Gasteiger partial charge on any atom is -0.365 e. The normalized spacial score (nSPS) is 12.4. The number of hydrogen-bond acceptors (Lipinski definition) is 4. The van der Waals surface area contributed by atoms with Gasteiger partial charge in [-0.1, -0.05) is 30.3 Å². The third kappa shape index (κ3) is 3.92. The first-order chi connectivity index (χ1) is 10.1. The monoisotopic (exact) mass is 286 g/mol. The molecule has 0 saturated carbocycles. The lowest BCUT2D eigenvalue weighted by atomic mass is 10.1. The van der Waals surface area contributed by atoms with Gasteiger partial charge in [0.15, 0.2) is 5.82 Å². The zero-order valence-corrected chi connectivity index (χ0v) is 12.5. The van der Waals surface area contributed by atoms with Crippen molar-refractivity contribution in [2.45, 2.75) is 32.4 Å². The summed E-state index contributed by atoms with van der Waals surface area (Å²) in [6, 6.07) is 10.0. The standard InChI is InChI=1S/C16H22N4O/c1-12(2)20-11-10-19-15(16(20)21)18-9-8-14(17)13-6-4-3-5-7-13/h3-7,10-12,14H,8-9,17H2,1-2H3,(H,18,19). The van der Waals surface area contributed by atoms with Crippen LogP contribution in [0.3, 0.4) is 0 Å². The number of benzene rings is 1. The lowest BCUT2D eigenvalue weighted by Gasteiger charge is -2.14. The van der Waals surface area contributed by atoms with E-state index in [4.69, 9.17) is 5.73 Å². The number of nitrogens with zero attached hydrogens (tertiary/aromatic N) is 2. The molecule has 1 heterocycles. The number of rotatable bonds is 6. The van der Waals surface area contributed by atoms with E-state index < -0.39 is 0 Å². The SMILES string of the molecule is CC(C)n1ccnc(NCCC(N)c2ccccc2)c1=O. The Bertz CT molecular complexity index is 622. The Labute approximate surface area is 124 Å². The first kappa shape index (κ1) is 15.3. The van der Waals surface area contributed by atoms with Crippen LogP contribution in [0.1, 0.15) is 37.9 Å². The molecule has 0 aliphatic rings. The van der Waals surface area contributed by atoms with E-state index in [1.807, 2.05) is 44.2 Å². The molecule has 112 valence electrons. The molecule has 0 aliphatic heterocycles. The average Bonchev–Trinajstić information content (AvgIpc) is 2.49. The first-order valence-corrected chi connectivity index (χ1v) is 7.21. The summed E-state index contributed by atoms with van der Waals surface area (Å²) in [6.45, 7) is 4.55. The summed E-state index contributed by atoms with van der Waals surface area (Å²) in [7, 11) is 0. The van der Waals surface area contributed by atoms with Gasteiger partial charge in [0.1, 0.15) is 0 Å². The van der Waals surface area contributed by atoms with E-state index in [0.717, 1.165) is 12.0 Å². The van der Waals surface area contributed by atoms with Crippen LogP contribution in [0, 0.1) is 0 Å². The van der Waals surface area contributed by atoms with Crippen LogP contribution >= 0.6 is 0 Å². The lowest BCUT2D eigenvalue weighted by Crippen LogP contribution is -2.26. The molecule has 21 heavy (non-hydrogen) atoms. The Hall–Kier alpha value is -2.14. The highest BCUT2D eigenvalue weighted by Gasteiger charge is 2.08. The molecule has 0 radical (unpaired) electrons. The van der Waals surface area contributed by atoms with Gasteiger partial charge in [-0.3, -0.25) is 4.79 Å². The Kier molecular flexibility index (Phi) is 5.11. The summed E-state index contributed by atoms with van der Waals surface area (Å²) < 4.78 is 1.66. The minimum absolute atomic E-state index is 0.0465. The first-order valence-electron chi connectivity index (χ1n) is 7.21. The zero-order valence-electron chi connectivity index (χ0n) is 12.5. The molecule has 0 aliphatic carbocycles. The maximum absolute atomic E-state index is 12.2. The van der Waals surface area contributed by atoms with Gasteiger partial charge in [0.05, 0.1) is 0 Å². The summed E-state index contributed by atoms with van der Waals surface area (Å²) in [5, 5.41) is 3.08.